The number of rotatable bonds is 5. The van der Waals surface area contributed by atoms with Crippen LogP contribution in [0.5, 0.6) is 0 Å². The van der Waals surface area contributed by atoms with Gasteiger partial charge in [-0.15, -0.1) is 0 Å². The number of hydrogen-bond acceptors (Lipinski definition) is 3. The summed E-state index contributed by atoms with van der Waals surface area (Å²) in [4.78, 5) is 28.3. The molecule has 22 heavy (non-hydrogen) atoms. The summed E-state index contributed by atoms with van der Waals surface area (Å²) in [5.74, 6) is -0.454. The van der Waals surface area contributed by atoms with E-state index in [2.05, 4.69) is 31.6 Å². The van der Waals surface area contributed by atoms with Gasteiger partial charge in [-0.1, -0.05) is 15.9 Å². The molecule has 0 bridgehead atoms. The predicted molar refractivity (Wildman–Crippen MR) is 93.4 cm³/mol. The molecule has 0 aliphatic carbocycles. The SMILES string of the molecule is CC(=O)Nc1ccc(Br)cc1C(=NC(C)C)C(=O)NC(C)C. The minimum Gasteiger partial charge on any atom is -0.349 e. The van der Waals surface area contributed by atoms with Gasteiger partial charge in [-0.25, -0.2) is 0 Å². The molecule has 1 aromatic rings. The first-order valence-corrected chi connectivity index (χ1v) is 7.96. The van der Waals surface area contributed by atoms with Crippen molar-refractivity contribution in [2.75, 3.05) is 5.32 Å². The highest BCUT2D eigenvalue weighted by Crippen LogP contribution is 2.22. The van der Waals surface area contributed by atoms with Gasteiger partial charge in [-0.05, 0) is 45.9 Å². The van der Waals surface area contributed by atoms with E-state index >= 15 is 0 Å². The zero-order valence-corrected chi connectivity index (χ0v) is 15.1. The van der Waals surface area contributed by atoms with Crippen molar-refractivity contribution in [2.45, 2.75) is 46.7 Å². The van der Waals surface area contributed by atoms with Gasteiger partial charge in [-0.2, -0.15) is 0 Å². The third-order valence-electron chi connectivity index (χ3n) is 2.57. The van der Waals surface area contributed by atoms with E-state index in [1.165, 1.54) is 6.92 Å². The topological polar surface area (TPSA) is 70.6 Å². The standard InChI is InChI=1S/C16H22BrN3O2/c1-9(2)18-15(16(22)19-10(3)4)13-8-12(17)6-7-14(13)20-11(5)21/h6-10H,1-5H3,(H,19,22)(H,20,21). The normalized spacial score (nSPS) is 11.7. The number of hydrogen-bond donors (Lipinski definition) is 2. The Labute approximate surface area is 139 Å². The predicted octanol–water partition coefficient (Wildman–Crippen LogP) is 3.13. The van der Waals surface area contributed by atoms with Gasteiger partial charge >= 0.3 is 0 Å². The molecule has 2 N–H and O–H groups in total. The molecule has 1 rings (SSSR count). The molecule has 0 spiro atoms. The molecule has 2 amide bonds. The van der Waals surface area contributed by atoms with Crippen molar-refractivity contribution in [1.29, 1.82) is 0 Å². The van der Waals surface area contributed by atoms with Crippen molar-refractivity contribution in [3.63, 3.8) is 0 Å². The number of carbonyl (C=O) groups is 2. The number of aliphatic imine (C=N–C) groups is 1. The largest absolute Gasteiger partial charge is 0.349 e. The molecule has 120 valence electrons. The summed E-state index contributed by atoms with van der Waals surface area (Å²) in [6.07, 6.45) is 0. The van der Waals surface area contributed by atoms with Crippen molar-refractivity contribution in [3.05, 3.63) is 28.2 Å². The van der Waals surface area contributed by atoms with Crippen LogP contribution in [0.15, 0.2) is 27.7 Å². The van der Waals surface area contributed by atoms with Crippen LogP contribution >= 0.6 is 15.9 Å². The highest BCUT2D eigenvalue weighted by Gasteiger charge is 2.19. The first-order chi connectivity index (χ1) is 10.2. The molecule has 5 nitrogen and oxygen atoms in total. The lowest BCUT2D eigenvalue weighted by atomic mass is 10.1. The van der Waals surface area contributed by atoms with Gasteiger partial charge in [0.2, 0.25) is 5.91 Å². The van der Waals surface area contributed by atoms with Gasteiger partial charge < -0.3 is 10.6 Å². The number of nitrogens with zero attached hydrogens (tertiary/aromatic N) is 1. The van der Waals surface area contributed by atoms with Crippen LogP contribution in [-0.4, -0.2) is 29.6 Å². The monoisotopic (exact) mass is 367 g/mol. The van der Waals surface area contributed by atoms with Crippen molar-refractivity contribution in [3.8, 4) is 0 Å². The summed E-state index contributed by atoms with van der Waals surface area (Å²) >= 11 is 3.40. The summed E-state index contributed by atoms with van der Waals surface area (Å²) in [5.41, 5.74) is 1.47. The maximum Gasteiger partial charge on any atom is 0.270 e. The van der Waals surface area contributed by atoms with E-state index in [0.717, 1.165) is 4.47 Å². The summed E-state index contributed by atoms with van der Waals surface area (Å²) in [6.45, 7) is 9.01. The van der Waals surface area contributed by atoms with Crippen molar-refractivity contribution in [2.24, 2.45) is 4.99 Å². The molecular weight excluding hydrogens is 346 g/mol. The fourth-order valence-electron chi connectivity index (χ4n) is 1.85. The molecule has 0 saturated heterocycles. The second kappa shape index (κ2) is 8.08. The highest BCUT2D eigenvalue weighted by molar-refractivity contribution is 9.10. The smallest absolute Gasteiger partial charge is 0.270 e. The molecule has 0 aliphatic rings. The summed E-state index contributed by atoms with van der Waals surface area (Å²) in [5, 5.41) is 5.59. The summed E-state index contributed by atoms with van der Waals surface area (Å²) < 4.78 is 0.811. The zero-order chi connectivity index (χ0) is 16.9. The number of halogens is 1. The van der Waals surface area contributed by atoms with Crippen LogP contribution in [-0.2, 0) is 9.59 Å². The van der Waals surface area contributed by atoms with Gasteiger partial charge in [0.25, 0.3) is 5.91 Å². The van der Waals surface area contributed by atoms with Crippen LogP contribution in [0.1, 0.15) is 40.2 Å². The molecule has 0 radical (unpaired) electrons. The third kappa shape index (κ3) is 5.60. The van der Waals surface area contributed by atoms with E-state index in [1.807, 2.05) is 33.8 Å². The summed E-state index contributed by atoms with van der Waals surface area (Å²) in [6, 6.07) is 5.30. The number of benzene rings is 1. The lowest BCUT2D eigenvalue weighted by Gasteiger charge is -2.16. The second-order valence-corrected chi connectivity index (χ2v) is 6.49. The van der Waals surface area contributed by atoms with Crippen molar-refractivity contribution >= 4 is 39.1 Å². The molecule has 0 heterocycles. The van der Waals surface area contributed by atoms with Crippen LogP contribution in [0.2, 0.25) is 0 Å². The molecule has 6 heteroatoms. The Hall–Kier alpha value is -1.69. The number of anilines is 1. The number of carbonyl (C=O) groups excluding carboxylic acids is 2. The molecule has 1 aromatic carbocycles. The lowest BCUT2D eigenvalue weighted by molar-refractivity contribution is -0.115. The third-order valence-corrected chi connectivity index (χ3v) is 3.06. The molecule has 0 aliphatic heterocycles. The van der Waals surface area contributed by atoms with E-state index in [-0.39, 0.29) is 23.9 Å². The molecule has 0 atom stereocenters. The van der Waals surface area contributed by atoms with Crippen molar-refractivity contribution < 1.29 is 9.59 Å². The fraction of sp³-hybridized carbons (Fsp3) is 0.438. The van der Waals surface area contributed by atoms with Gasteiger partial charge in [0.15, 0.2) is 0 Å². The second-order valence-electron chi connectivity index (χ2n) is 5.57. The van der Waals surface area contributed by atoms with E-state index in [9.17, 15) is 9.59 Å². The molecule has 0 saturated carbocycles. The maximum absolute atomic E-state index is 12.5. The van der Waals surface area contributed by atoms with Gasteiger partial charge in [-0.3, -0.25) is 14.6 Å². The van der Waals surface area contributed by atoms with Crippen LogP contribution in [0.25, 0.3) is 0 Å². The Bertz CT molecular complexity index is 595. The van der Waals surface area contributed by atoms with E-state index in [4.69, 9.17) is 0 Å². The van der Waals surface area contributed by atoms with Crippen LogP contribution in [0.4, 0.5) is 5.69 Å². The first-order valence-electron chi connectivity index (χ1n) is 7.17. The van der Waals surface area contributed by atoms with E-state index in [1.54, 1.807) is 12.1 Å². The zero-order valence-electron chi connectivity index (χ0n) is 13.5. The average Bonchev–Trinajstić information content (AvgIpc) is 2.36. The Morgan fingerprint density at radius 3 is 2.32 bits per heavy atom. The number of nitrogens with one attached hydrogen (secondary N) is 2. The maximum atomic E-state index is 12.5. The minimum atomic E-state index is -0.256. The molecular formula is C16H22BrN3O2. The Morgan fingerprint density at radius 2 is 1.82 bits per heavy atom. The van der Waals surface area contributed by atoms with Crippen molar-refractivity contribution in [1.82, 2.24) is 5.32 Å². The Kier molecular flexibility index (Phi) is 6.74. The van der Waals surface area contributed by atoms with Gasteiger partial charge in [0.1, 0.15) is 5.71 Å². The van der Waals surface area contributed by atoms with E-state index in [0.29, 0.717) is 17.0 Å². The first kappa shape index (κ1) is 18.4. The Balaban J connectivity index is 3.38. The lowest BCUT2D eigenvalue weighted by Crippen LogP contribution is -2.37. The highest BCUT2D eigenvalue weighted by atomic mass is 79.9. The molecule has 0 aromatic heterocycles. The molecule has 0 fully saturated rings. The fourth-order valence-corrected chi connectivity index (χ4v) is 2.21. The Morgan fingerprint density at radius 1 is 1.18 bits per heavy atom. The minimum absolute atomic E-state index is 0.00114. The van der Waals surface area contributed by atoms with Crippen LogP contribution in [0, 0.1) is 0 Å². The quantitative estimate of drug-likeness (QED) is 0.784. The summed E-state index contributed by atoms with van der Waals surface area (Å²) in [7, 11) is 0. The van der Waals surface area contributed by atoms with Crippen LogP contribution in [0.3, 0.4) is 0 Å². The molecule has 0 unspecified atom stereocenters. The van der Waals surface area contributed by atoms with E-state index < -0.39 is 0 Å². The van der Waals surface area contributed by atoms with Gasteiger partial charge in [0, 0.05) is 29.0 Å². The number of amides is 2. The van der Waals surface area contributed by atoms with Crippen LogP contribution < -0.4 is 10.6 Å². The average molecular weight is 368 g/mol. The van der Waals surface area contributed by atoms with Gasteiger partial charge in [0.05, 0.1) is 5.69 Å².